The van der Waals surface area contributed by atoms with E-state index in [9.17, 15) is 9.59 Å². The topological polar surface area (TPSA) is 70.7 Å². The van der Waals surface area contributed by atoms with Gasteiger partial charge in [-0.2, -0.15) is 0 Å². The number of ketones is 1. The number of carbonyl (C=O) groups excluding carboxylic acids is 1. The van der Waals surface area contributed by atoms with Crippen molar-refractivity contribution in [1.29, 1.82) is 0 Å². The molecule has 1 aromatic rings. The number of ether oxygens (including phenoxy) is 2. The highest BCUT2D eigenvalue weighted by Crippen LogP contribution is 2.40. The van der Waals surface area contributed by atoms with Crippen molar-refractivity contribution >= 4 is 11.5 Å². The van der Waals surface area contributed by atoms with Gasteiger partial charge in [0.25, 0.3) is 0 Å². The molecule has 0 saturated carbocycles. The summed E-state index contributed by atoms with van der Waals surface area (Å²) in [5.74, 6) is 0.169. The number of rotatable bonds is 2. The predicted molar refractivity (Wildman–Crippen MR) is 74.7 cm³/mol. The third-order valence-corrected chi connectivity index (χ3v) is 4.38. The molecule has 3 rings (SSSR count). The van der Waals surface area contributed by atoms with Gasteiger partial charge in [0.1, 0.15) is 0 Å². The molecule has 0 amide bonds. The maximum atomic E-state index is 12.5. The number of hydrogen-bond acceptors (Lipinski definition) is 5. The summed E-state index contributed by atoms with van der Waals surface area (Å²) in [5.41, 5.74) is 0.844. The van der Waals surface area contributed by atoms with Crippen LogP contribution in [0.4, 0.5) is 0 Å². The van der Waals surface area contributed by atoms with Gasteiger partial charge in [-0.3, -0.25) is 9.36 Å². The Morgan fingerprint density at radius 2 is 1.90 bits per heavy atom. The Bertz CT molecular complexity index is 666. The van der Waals surface area contributed by atoms with E-state index in [1.54, 1.807) is 4.57 Å². The number of allylic oxidation sites excluding steroid dienone is 1. The van der Waals surface area contributed by atoms with Crippen LogP contribution in [0.3, 0.4) is 0 Å². The smallest absolute Gasteiger partial charge is 0.419 e. The van der Waals surface area contributed by atoms with E-state index in [1.165, 1.54) is 14.2 Å². The number of methoxy groups -OCH3 is 2. The Labute approximate surface area is 122 Å². The van der Waals surface area contributed by atoms with Crippen molar-refractivity contribution in [2.45, 2.75) is 38.6 Å². The molecule has 0 spiro atoms. The van der Waals surface area contributed by atoms with Gasteiger partial charge < -0.3 is 13.9 Å². The van der Waals surface area contributed by atoms with E-state index in [-0.39, 0.29) is 29.1 Å². The minimum absolute atomic E-state index is 0.110. The zero-order chi connectivity index (χ0) is 15.1. The van der Waals surface area contributed by atoms with Crippen LogP contribution in [-0.4, -0.2) is 24.6 Å². The summed E-state index contributed by atoms with van der Waals surface area (Å²) < 4.78 is 17.6. The number of oxazole rings is 1. The summed E-state index contributed by atoms with van der Waals surface area (Å²) in [5, 5.41) is 0. The molecule has 1 aliphatic heterocycles. The Morgan fingerprint density at radius 1 is 1.19 bits per heavy atom. The average Bonchev–Trinajstić information content (AvgIpc) is 2.81. The Kier molecular flexibility index (Phi) is 3.39. The normalized spacial score (nSPS) is 25.2. The largest absolute Gasteiger partial charge is 0.490 e. The van der Waals surface area contributed by atoms with Crippen LogP contribution in [0.2, 0.25) is 0 Å². The number of carbonyl (C=O) groups is 1. The van der Waals surface area contributed by atoms with Crippen LogP contribution in [0, 0.1) is 5.92 Å². The van der Waals surface area contributed by atoms with E-state index in [0.29, 0.717) is 18.7 Å². The van der Waals surface area contributed by atoms with Gasteiger partial charge in [-0.15, -0.1) is 0 Å². The molecule has 0 aromatic carbocycles. The quantitative estimate of drug-likeness (QED) is 0.832. The van der Waals surface area contributed by atoms with Crippen molar-refractivity contribution in [3.63, 3.8) is 0 Å². The van der Waals surface area contributed by atoms with E-state index < -0.39 is 5.76 Å². The average molecular weight is 293 g/mol. The lowest BCUT2D eigenvalue weighted by molar-refractivity contribution is -0.122. The summed E-state index contributed by atoms with van der Waals surface area (Å²) in [6, 6.07) is 0. The molecule has 0 unspecified atom stereocenters. The standard InChI is InChI=1S/C15H19NO5/c1-8-7-9-5-4-6-16-10(9)12(21-15(16)18)14(20-3)13(19-2)11(8)17/h8-9H,4-7H2,1-3H3/t8-,9+/m0/s1. The van der Waals surface area contributed by atoms with Crippen molar-refractivity contribution in [2.75, 3.05) is 14.2 Å². The molecule has 2 aliphatic rings. The van der Waals surface area contributed by atoms with Crippen LogP contribution in [-0.2, 0) is 20.8 Å². The molecule has 114 valence electrons. The first-order valence-corrected chi connectivity index (χ1v) is 7.18. The van der Waals surface area contributed by atoms with Crippen molar-refractivity contribution in [1.82, 2.24) is 4.57 Å². The van der Waals surface area contributed by atoms with E-state index in [2.05, 4.69) is 0 Å². The summed E-state index contributed by atoms with van der Waals surface area (Å²) in [6.07, 6.45) is 2.55. The summed E-state index contributed by atoms with van der Waals surface area (Å²) in [4.78, 5) is 24.5. The van der Waals surface area contributed by atoms with Crippen LogP contribution < -0.4 is 5.76 Å². The van der Waals surface area contributed by atoms with Gasteiger partial charge in [-0.25, -0.2) is 4.79 Å². The first-order valence-electron chi connectivity index (χ1n) is 7.18. The van der Waals surface area contributed by atoms with Crippen molar-refractivity contribution in [2.24, 2.45) is 5.92 Å². The highest BCUT2D eigenvalue weighted by Gasteiger charge is 2.38. The number of Topliss-reactive ketones (excluding diaryl/α,β-unsaturated/α-hetero) is 1. The number of aromatic nitrogens is 1. The van der Waals surface area contributed by atoms with Crippen LogP contribution in [0.25, 0.3) is 5.76 Å². The second-order valence-corrected chi connectivity index (χ2v) is 5.64. The monoisotopic (exact) mass is 293 g/mol. The molecule has 0 bridgehead atoms. The predicted octanol–water partition coefficient (Wildman–Crippen LogP) is 1.89. The fraction of sp³-hybridized carbons (Fsp3) is 0.600. The van der Waals surface area contributed by atoms with Gasteiger partial charge in [0.05, 0.1) is 19.9 Å². The van der Waals surface area contributed by atoms with E-state index in [4.69, 9.17) is 13.9 Å². The molecule has 6 heteroatoms. The zero-order valence-electron chi connectivity index (χ0n) is 12.5. The second-order valence-electron chi connectivity index (χ2n) is 5.64. The molecule has 1 aromatic heterocycles. The van der Waals surface area contributed by atoms with Crippen LogP contribution >= 0.6 is 0 Å². The molecule has 2 atom stereocenters. The minimum atomic E-state index is -0.392. The van der Waals surface area contributed by atoms with Crippen LogP contribution in [0.5, 0.6) is 0 Å². The lowest BCUT2D eigenvalue weighted by Gasteiger charge is -2.28. The highest BCUT2D eigenvalue weighted by molar-refractivity contribution is 6.01. The molecular formula is C15H19NO5. The Hall–Kier alpha value is -1.98. The minimum Gasteiger partial charge on any atom is -0.490 e. The Balaban J connectivity index is 2.31. The Morgan fingerprint density at radius 3 is 2.57 bits per heavy atom. The number of nitrogens with zero attached hydrogens (tertiary/aromatic N) is 1. The third-order valence-electron chi connectivity index (χ3n) is 4.38. The first-order chi connectivity index (χ1) is 10.1. The van der Waals surface area contributed by atoms with Gasteiger partial charge in [0.2, 0.25) is 17.3 Å². The molecule has 0 saturated heterocycles. The number of hydrogen-bond donors (Lipinski definition) is 0. The van der Waals surface area contributed by atoms with Gasteiger partial charge in [0, 0.05) is 18.4 Å². The van der Waals surface area contributed by atoms with Crippen molar-refractivity contribution < 1.29 is 18.7 Å². The maximum Gasteiger partial charge on any atom is 0.419 e. The fourth-order valence-electron chi connectivity index (χ4n) is 3.41. The molecule has 1 aliphatic carbocycles. The maximum absolute atomic E-state index is 12.5. The summed E-state index contributed by atoms with van der Waals surface area (Å²) >= 11 is 0. The van der Waals surface area contributed by atoms with Gasteiger partial charge in [-0.1, -0.05) is 6.92 Å². The van der Waals surface area contributed by atoms with E-state index in [1.807, 2.05) is 6.92 Å². The SMILES string of the molecule is COC1=C(OC)c2oc(=O)n3c2[C@H](CCC3)C[C@H](C)C1=O. The fourth-order valence-corrected chi connectivity index (χ4v) is 3.41. The lowest BCUT2D eigenvalue weighted by Crippen LogP contribution is -2.28. The van der Waals surface area contributed by atoms with Crippen molar-refractivity contribution in [3.8, 4) is 0 Å². The van der Waals surface area contributed by atoms with Gasteiger partial charge in [-0.05, 0) is 19.3 Å². The lowest BCUT2D eigenvalue weighted by atomic mass is 9.82. The first kappa shape index (κ1) is 14.0. The molecule has 6 nitrogen and oxygen atoms in total. The van der Waals surface area contributed by atoms with Crippen LogP contribution in [0.1, 0.15) is 43.6 Å². The van der Waals surface area contributed by atoms with E-state index >= 15 is 0 Å². The van der Waals surface area contributed by atoms with Gasteiger partial charge >= 0.3 is 5.76 Å². The molecule has 2 heterocycles. The second kappa shape index (κ2) is 5.09. The van der Waals surface area contributed by atoms with Crippen molar-refractivity contribution in [3.05, 3.63) is 27.8 Å². The van der Waals surface area contributed by atoms with E-state index in [0.717, 1.165) is 18.5 Å². The summed E-state index contributed by atoms with van der Waals surface area (Å²) in [6.45, 7) is 2.53. The molecule has 0 radical (unpaired) electrons. The molecule has 0 N–H and O–H groups in total. The summed E-state index contributed by atoms with van der Waals surface area (Å²) in [7, 11) is 2.88. The highest BCUT2D eigenvalue weighted by atomic mass is 16.5. The third kappa shape index (κ3) is 2.01. The zero-order valence-corrected chi connectivity index (χ0v) is 12.5. The van der Waals surface area contributed by atoms with Crippen LogP contribution in [0.15, 0.2) is 15.0 Å². The molecule has 21 heavy (non-hydrogen) atoms. The molecule has 0 fully saturated rings. The molecular weight excluding hydrogens is 274 g/mol. The van der Waals surface area contributed by atoms with Gasteiger partial charge in [0.15, 0.2) is 5.76 Å².